The molecule has 0 saturated carbocycles. The molecule has 1 N–H and O–H groups in total. The van der Waals surface area contributed by atoms with Crippen LogP contribution in [0.25, 0.3) is 0 Å². The molecule has 0 fully saturated rings. The zero-order chi connectivity index (χ0) is 14.0. The van der Waals surface area contributed by atoms with Gasteiger partial charge in [-0.05, 0) is 29.9 Å². The number of aryl methyl sites for hydroxylation is 1. The van der Waals surface area contributed by atoms with Gasteiger partial charge in [-0.25, -0.2) is 8.42 Å². The highest BCUT2D eigenvalue weighted by molar-refractivity contribution is 7.90. The van der Waals surface area contributed by atoms with Gasteiger partial charge in [-0.3, -0.25) is 9.67 Å². The molecule has 0 radical (unpaired) electrons. The molecule has 2 rings (SSSR count). The highest BCUT2D eigenvalue weighted by atomic mass is 32.2. The molecular formula is C12H15N3O2S2. The first kappa shape index (κ1) is 14.0. The Kier molecular flexibility index (Phi) is 3.86. The second-order valence-corrected chi connectivity index (χ2v) is 6.70. The van der Waals surface area contributed by atoms with Crippen LogP contribution in [0.2, 0.25) is 0 Å². The van der Waals surface area contributed by atoms with Crippen molar-refractivity contribution in [3.8, 4) is 0 Å². The second-order valence-electron chi connectivity index (χ2n) is 4.30. The van der Waals surface area contributed by atoms with Crippen LogP contribution in [0.5, 0.6) is 0 Å². The van der Waals surface area contributed by atoms with E-state index < -0.39 is 9.84 Å². The third-order valence-corrected chi connectivity index (χ3v) is 4.29. The summed E-state index contributed by atoms with van der Waals surface area (Å²) in [6.45, 7) is 2.59. The van der Waals surface area contributed by atoms with Crippen molar-refractivity contribution in [2.45, 2.75) is 24.8 Å². The zero-order valence-electron chi connectivity index (χ0n) is 10.8. The smallest absolute Gasteiger partial charge is 0.195 e. The highest BCUT2D eigenvalue weighted by Gasteiger charge is 2.08. The maximum absolute atomic E-state index is 11.4. The molecule has 0 amide bonds. The third kappa shape index (κ3) is 3.10. The molecule has 0 saturated heterocycles. The Morgan fingerprint density at radius 2 is 1.95 bits per heavy atom. The minimum absolute atomic E-state index is 0.322. The van der Waals surface area contributed by atoms with Gasteiger partial charge in [-0.15, -0.1) is 0 Å². The van der Waals surface area contributed by atoms with Gasteiger partial charge in [0.1, 0.15) is 5.82 Å². The predicted molar refractivity (Wildman–Crippen MR) is 75.4 cm³/mol. The van der Waals surface area contributed by atoms with Crippen molar-refractivity contribution in [1.29, 1.82) is 0 Å². The van der Waals surface area contributed by atoms with Crippen molar-refractivity contribution in [2.75, 3.05) is 6.26 Å². The van der Waals surface area contributed by atoms with Crippen LogP contribution in [0.15, 0.2) is 29.2 Å². The topological polar surface area (TPSA) is 67.8 Å². The fourth-order valence-electron chi connectivity index (χ4n) is 1.81. The van der Waals surface area contributed by atoms with Crippen LogP contribution in [0, 0.1) is 4.77 Å². The molecule has 2 aromatic rings. The van der Waals surface area contributed by atoms with Crippen molar-refractivity contribution >= 4 is 22.1 Å². The van der Waals surface area contributed by atoms with Gasteiger partial charge in [-0.2, -0.15) is 5.10 Å². The summed E-state index contributed by atoms with van der Waals surface area (Å²) in [6.07, 6.45) is 1.98. The van der Waals surface area contributed by atoms with E-state index in [0.717, 1.165) is 17.8 Å². The van der Waals surface area contributed by atoms with Crippen molar-refractivity contribution in [3.63, 3.8) is 0 Å². The van der Waals surface area contributed by atoms with Crippen LogP contribution in [-0.4, -0.2) is 29.4 Å². The lowest BCUT2D eigenvalue weighted by atomic mass is 10.2. The summed E-state index contributed by atoms with van der Waals surface area (Å²) < 4.78 is 25.2. The minimum Gasteiger partial charge on any atom is -0.300 e. The van der Waals surface area contributed by atoms with Crippen LogP contribution in [0.3, 0.4) is 0 Å². The molecule has 19 heavy (non-hydrogen) atoms. The molecule has 0 atom stereocenters. The molecule has 0 aliphatic carbocycles. The van der Waals surface area contributed by atoms with E-state index in [-0.39, 0.29) is 0 Å². The summed E-state index contributed by atoms with van der Waals surface area (Å²) in [4.78, 5) is 0.322. The predicted octanol–water partition coefficient (Wildman–Crippen LogP) is 1.95. The third-order valence-electron chi connectivity index (χ3n) is 2.85. The maximum Gasteiger partial charge on any atom is 0.195 e. The normalized spacial score (nSPS) is 11.7. The Morgan fingerprint density at radius 3 is 2.47 bits per heavy atom. The standard InChI is InChI=1S/C12H15N3O2S2/c1-3-11-13-14-12(18)15(11)8-9-4-6-10(7-5-9)19(2,16)17/h4-7H,3,8H2,1-2H3,(H,14,18). The van der Waals surface area contributed by atoms with E-state index >= 15 is 0 Å². The average Bonchev–Trinajstić information content (AvgIpc) is 2.70. The number of aromatic nitrogens is 3. The minimum atomic E-state index is -3.15. The van der Waals surface area contributed by atoms with Gasteiger partial charge in [0.25, 0.3) is 0 Å². The van der Waals surface area contributed by atoms with Crippen LogP contribution in [-0.2, 0) is 22.8 Å². The molecule has 5 nitrogen and oxygen atoms in total. The first-order chi connectivity index (χ1) is 8.91. The lowest BCUT2D eigenvalue weighted by molar-refractivity contribution is 0.602. The molecule has 0 aliphatic heterocycles. The SMILES string of the molecule is CCc1n[nH]c(=S)n1Cc1ccc(S(C)(=O)=O)cc1. The molecule has 0 aliphatic rings. The summed E-state index contributed by atoms with van der Waals surface area (Å²) in [6, 6.07) is 6.81. The molecule has 1 heterocycles. The van der Waals surface area contributed by atoms with Crippen LogP contribution in [0.4, 0.5) is 0 Å². The van der Waals surface area contributed by atoms with Crippen molar-refractivity contribution < 1.29 is 8.42 Å². The molecule has 7 heteroatoms. The summed E-state index contributed by atoms with van der Waals surface area (Å²) in [7, 11) is -3.15. The summed E-state index contributed by atoms with van der Waals surface area (Å²) in [5.41, 5.74) is 0.986. The van der Waals surface area contributed by atoms with E-state index in [4.69, 9.17) is 12.2 Å². The molecule has 0 spiro atoms. The Hall–Kier alpha value is -1.47. The van der Waals surface area contributed by atoms with Crippen LogP contribution < -0.4 is 0 Å². The van der Waals surface area contributed by atoms with Gasteiger partial charge < -0.3 is 0 Å². The average molecular weight is 297 g/mol. The van der Waals surface area contributed by atoms with E-state index in [2.05, 4.69) is 10.2 Å². The molecule has 0 bridgehead atoms. The molecular weight excluding hydrogens is 282 g/mol. The number of nitrogens with one attached hydrogen (secondary N) is 1. The quantitative estimate of drug-likeness (QED) is 0.876. The second kappa shape index (κ2) is 5.26. The summed E-state index contributed by atoms with van der Waals surface area (Å²) >= 11 is 5.17. The Morgan fingerprint density at radius 1 is 1.32 bits per heavy atom. The van der Waals surface area contributed by atoms with E-state index in [9.17, 15) is 8.42 Å². The first-order valence-electron chi connectivity index (χ1n) is 5.85. The van der Waals surface area contributed by atoms with Crippen molar-refractivity contribution in [3.05, 3.63) is 40.4 Å². The number of hydrogen-bond donors (Lipinski definition) is 1. The lowest BCUT2D eigenvalue weighted by Gasteiger charge is -2.06. The number of rotatable bonds is 4. The molecule has 1 aromatic carbocycles. The van der Waals surface area contributed by atoms with Gasteiger partial charge in [0.15, 0.2) is 14.6 Å². The molecule has 0 unspecified atom stereocenters. The number of benzene rings is 1. The fraction of sp³-hybridized carbons (Fsp3) is 0.333. The first-order valence-corrected chi connectivity index (χ1v) is 8.15. The Bertz CT molecular complexity index is 727. The molecule has 1 aromatic heterocycles. The monoisotopic (exact) mass is 297 g/mol. The van der Waals surface area contributed by atoms with Gasteiger partial charge in [0.2, 0.25) is 0 Å². The zero-order valence-corrected chi connectivity index (χ0v) is 12.4. The number of hydrogen-bond acceptors (Lipinski definition) is 4. The van der Waals surface area contributed by atoms with E-state index in [1.807, 2.05) is 11.5 Å². The van der Waals surface area contributed by atoms with Crippen LogP contribution >= 0.6 is 12.2 Å². The maximum atomic E-state index is 11.4. The largest absolute Gasteiger partial charge is 0.300 e. The van der Waals surface area contributed by atoms with E-state index in [1.165, 1.54) is 6.26 Å². The number of aromatic amines is 1. The number of H-pyrrole nitrogens is 1. The van der Waals surface area contributed by atoms with Crippen LogP contribution in [0.1, 0.15) is 18.3 Å². The fourth-order valence-corrected chi connectivity index (χ4v) is 2.65. The molecule has 102 valence electrons. The van der Waals surface area contributed by atoms with Crippen molar-refractivity contribution in [2.24, 2.45) is 0 Å². The Balaban J connectivity index is 2.30. The lowest BCUT2D eigenvalue weighted by Crippen LogP contribution is -2.05. The number of nitrogens with zero attached hydrogens (tertiary/aromatic N) is 2. The van der Waals surface area contributed by atoms with Gasteiger partial charge >= 0.3 is 0 Å². The van der Waals surface area contributed by atoms with E-state index in [1.54, 1.807) is 24.3 Å². The van der Waals surface area contributed by atoms with Crippen molar-refractivity contribution in [1.82, 2.24) is 14.8 Å². The van der Waals surface area contributed by atoms with Gasteiger partial charge in [-0.1, -0.05) is 19.1 Å². The van der Waals surface area contributed by atoms with E-state index in [0.29, 0.717) is 16.2 Å². The highest BCUT2D eigenvalue weighted by Crippen LogP contribution is 2.12. The van der Waals surface area contributed by atoms with Gasteiger partial charge in [0.05, 0.1) is 11.4 Å². The summed E-state index contributed by atoms with van der Waals surface area (Å²) in [5.74, 6) is 0.886. The van der Waals surface area contributed by atoms with Gasteiger partial charge in [0, 0.05) is 12.7 Å². The Labute approximate surface area is 117 Å². The summed E-state index contributed by atoms with van der Waals surface area (Å²) in [5, 5.41) is 6.90. The number of sulfone groups is 1.